The molecule has 3 aromatic carbocycles. The first-order valence-electron chi connectivity index (χ1n) is 15.7. The van der Waals surface area contributed by atoms with E-state index in [1.807, 2.05) is 62.1 Å². The maximum absolute atomic E-state index is 14.7. The smallest absolute Gasteiger partial charge is 0.410 e. The molecule has 1 aliphatic heterocycles. The van der Waals surface area contributed by atoms with E-state index < -0.39 is 11.7 Å². The molecule has 1 aliphatic carbocycles. The predicted octanol–water partition coefficient (Wildman–Crippen LogP) is 8.01. The Balaban J connectivity index is 1.50. The topological polar surface area (TPSA) is 68.3 Å². The maximum Gasteiger partial charge on any atom is 0.410 e. The van der Waals surface area contributed by atoms with Crippen LogP contribution in [0.25, 0.3) is 16.7 Å². The van der Waals surface area contributed by atoms with Crippen molar-refractivity contribution >= 4 is 29.2 Å². The van der Waals surface area contributed by atoms with Gasteiger partial charge in [-0.05, 0) is 74.4 Å². The van der Waals surface area contributed by atoms with Gasteiger partial charge in [-0.3, -0.25) is 4.79 Å². The van der Waals surface area contributed by atoms with Crippen LogP contribution in [0.3, 0.4) is 0 Å². The Kier molecular flexibility index (Phi) is 10.5. The fourth-order valence-corrected chi connectivity index (χ4v) is 5.85. The van der Waals surface area contributed by atoms with Crippen molar-refractivity contribution in [2.45, 2.75) is 64.6 Å². The predicted molar refractivity (Wildman–Crippen MR) is 178 cm³/mol. The number of nitrogens with zero attached hydrogens (tertiary/aromatic N) is 2. The van der Waals surface area contributed by atoms with Crippen molar-refractivity contribution in [1.82, 2.24) is 9.80 Å². The lowest BCUT2D eigenvalue weighted by Gasteiger charge is -2.34. The lowest BCUT2D eigenvalue weighted by molar-refractivity contribution is -0.128. The number of para-hydroxylation sites is 1. The second-order valence-corrected chi connectivity index (χ2v) is 13.1. The number of rotatable bonds is 11. The number of amides is 2. The van der Waals surface area contributed by atoms with Crippen molar-refractivity contribution in [1.29, 1.82) is 0 Å². The maximum atomic E-state index is 14.7. The Labute approximate surface area is 271 Å². The number of ether oxygens (including phenoxy) is 3. The Hall–Kier alpha value is -3.81. The van der Waals surface area contributed by atoms with Gasteiger partial charge in [0.1, 0.15) is 11.4 Å². The largest absolute Gasteiger partial charge is 0.492 e. The molecule has 7 nitrogen and oxygen atoms in total. The Morgan fingerprint density at radius 2 is 1.64 bits per heavy atom. The van der Waals surface area contributed by atoms with Crippen molar-refractivity contribution in [3.05, 3.63) is 94.5 Å². The van der Waals surface area contributed by atoms with Crippen molar-refractivity contribution in [3.8, 4) is 16.9 Å². The third-order valence-corrected chi connectivity index (χ3v) is 8.25. The molecule has 1 fully saturated rings. The lowest BCUT2D eigenvalue weighted by atomic mass is 9.90. The summed E-state index contributed by atoms with van der Waals surface area (Å²) in [7, 11) is 1.66. The monoisotopic (exact) mass is 630 g/mol. The minimum Gasteiger partial charge on any atom is -0.492 e. The highest BCUT2D eigenvalue weighted by Crippen LogP contribution is 2.37. The molecule has 0 aromatic heterocycles. The number of carbonyl (C=O) groups excluding carboxylic acids is 2. The first-order valence-corrected chi connectivity index (χ1v) is 16.1. The van der Waals surface area contributed by atoms with E-state index in [1.54, 1.807) is 18.1 Å². The zero-order valence-electron chi connectivity index (χ0n) is 26.7. The summed E-state index contributed by atoms with van der Waals surface area (Å²) in [5.74, 6) is 0.522. The summed E-state index contributed by atoms with van der Waals surface area (Å²) in [5, 5.41) is 0.513. The van der Waals surface area contributed by atoms with Crippen LogP contribution in [-0.4, -0.2) is 66.9 Å². The van der Waals surface area contributed by atoms with Crippen LogP contribution >= 0.6 is 11.6 Å². The van der Waals surface area contributed by atoms with Crippen LogP contribution in [0.5, 0.6) is 5.75 Å². The van der Waals surface area contributed by atoms with Gasteiger partial charge in [0.15, 0.2) is 0 Å². The van der Waals surface area contributed by atoms with E-state index in [0.717, 1.165) is 47.1 Å². The number of carbonyl (C=O) groups is 2. The number of halogens is 1. The minimum atomic E-state index is -0.637. The first kappa shape index (κ1) is 32.6. The fraction of sp³-hybridized carbons (Fsp3) is 0.405. The van der Waals surface area contributed by atoms with E-state index in [2.05, 4.69) is 30.3 Å². The third kappa shape index (κ3) is 8.47. The molecule has 0 spiro atoms. The molecule has 0 unspecified atom stereocenters. The summed E-state index contributed by atoms with van der Waals surface area (Å²) in [6.07, 6.45) is 2.72. The van der Waals surface area contributed by atoms with Gasteiger partial charge >= 0.3 is 6.09 Å². The quantitative estimate of drug-likeness (QED) is 0.201. The highest BCUT2D eigenvalue weighted by atomic mass is 35.5. The molecule has 0 saturated heterocycles. The highest BCUT2D eigenvalue weighted by Gasteiger charge is 2.38. The van der Waals surface area contributed by atoms with Gasteiger partial charge in [0.05, 0.1) is 18.2 Å². The standard InChI is InChI=1S/C37H43ClN2O5/c1-37(2,3)45-36(42)39-20-19-31(28-14-8-13-27(23-28)26-11-6-5-7-12-26)32(25-39)35(41)40(30-17-18-30)24-29-15-9-16-33(38)34(29)44-22-10-21-43-4/h5-9,11-16,23,30H,10,17-22,24-25H2,1-4H3. The molecule has 1 heterocycles. The molecule has 0 radical (unpaired) electrons. The molecule has 5 rings (SSSR count). The molecule has 0 bridgehead atoms. The van der Waals surface area contributed by atoms with Crippen LogP contribution in [0.2, 0.25) is 5.02 Å². The summed E-state index contributed by atoms with van der Waals surface area (Å²) >= 11 is 6.60. The molecule has 0 N–H and O–H groups in total. The Morgan fingerprint density at radius 3 is 2.36 bits per heavy atom. The second kappa shape index (κ2) is 14.5. The number of methoxy groups -OCH3 is 1. The van der Waals surface area contributed by atoms with Gasteiger partial charge in [0.25, 0.3) is 5.91 Å². The van der Waals surface area contributed by atoms with Gasteiger partial charge in [0, 0.05) is 50.4 Å². The van der Waals surface area contributed by atoms with Crippen LogP contribution in [0.4, 0.5) is 4.79 Å². The Morgan fingerprint density at radius 1 is 0.933 bits per heavy atom. The van der Waals surface area contributed by atoms with Gasteiger partial charge in [-0.25, -0.2) is 4.79 Å². The molecule has 2 amide bonds. The van der Waals surface area contributed by atoms with Crippen LogP contribution < -0.4 is 4.74 Å². The van der Waals surface area contributed by atoms with Gasteiger partial charge in [0.2, 0.25) is 0 Å². The number of benzene rings is 3. The first-order chi connectivity index (χ1) is 21.6. The summed E-state index contributed by atoms with van der Waals surface area (Å²) < 4.78 is 17.0. The molecule has 0 atom stereocenters. The summed E-state index contributed by atoms with van der Waals surface area (Å²) in [4.78, 5) is 31.5. The SMILES string of the molecule is COCCCOc1c(Cl)cccc1CN(C(=O)C1=C(c2cccc(-c3ccccc3)c2)CCN(C(=O)OC(C)(C)C)C1)C1CC1. The average Bonchev–Trinajstić information content (AvgIpc) is 3.87. The Bertz CT molecular complexity index is 1530. The number of hydrogen-bond donors (Lipinski definition) is 0. The van der Waals surface area contributed by atoms with E-state index in [-0.39, 0.29) is 18.5 Å². The van der Waals surface area contributed by atoms with Gasteiger partial charge in [-0.15, -0.1) is 0 Å². The number of hydrogen-bond acceptors (Lipinski definition) is 5. The molecule has 45 heavy (non-hydrogen) atoms. The van der Waals surface area contributed by atoms with E-state index in [0.29, 0.717) is 49.1 Å². The zero-order chi connectivity index (χ0) is 32.0. The molecule has 238 valence electrons. The normalized spacial score (nSPS) is 15.2. The van der Waals surface area contributed by atoms with Crippen molar-refractivity contribution < 1.29 is 23.8 Å². The van der Waals surface area contributed by atoms with Crippen molar-refractivity contribution in [2.24, 2.45) is 0 Å². The summed E-state index contributed by atoms with van der Waals surface area (Å²) in [6.45, 7) is 7.61. The second-order valence-electron chi connectivity index (χ2n) is 12.6. The molecule has 2 aliphatic rings. The van der Waals surface area contributed by atoms with E-state index in [9.17, 15) is 9.59 Å². The van der Waals surface area contributed by atoms with Crippen LogP contribution in [0, 0.1) is 0 Å². The fourth-order valence-electron chi connectivity index (χ4n) is 5.60. The molecule has 1 saturated carbocycles. The van der Waals surface area contributed by atoms with Gasteiger partial charge < -0.3 is 24.0 Å². The molecule has 8 heteroatoms. The van der Waals surface area contributed by atoms with Gasteiger partial charge in [-0.1, -0.05) is 72.3 Å². The van der Waals surface area contributed by atoms with E-state index in [4.69, 9.17) is 25.8 Å². The minimum absolute atomic E-state index is 0.0730. The average molecular weight is 631 g/mol. The highest BCUT2D eigenvalue weighted by molar-refractivity contribution is 6.32. The van der Waals surface area contributed by atoms with E-state index >= 15 is 0 Å². The third-order valence-electron chi connectivity index (χ3n) is 7.95. The molecular formula is C37H43ClN2O5. The lowest BCUT2D eigenvalue weighted by Crippen LogP contribution is -2.44. The van der Waals surface area contributed by atoms with Crippen LogP contribution in [0.1, 0.15) is 57.6 Å². The van der Waals surface area contributed by atoms with Gasteiger partial charge in [-0.2, -0.15) is 0 Å². The van der Waals surface area contributed by atoms with Crippen LogP contribution in [0.15, 0.2) is 78.4 Å². The van der Waals surface area contributed by atoms with Crippen LogP contribution in [-0.2, 0) is 20.8 Å². The van der Waals surface area contributed by atoms with E-state index in [1.165, 1.54) is 0 Å². The summed E-state index contributed by atoms with van der Waals surface area (Å²) in [6, 6.07) is 24.3. The van der Waals surface area contributed by atoms with Crippen molar-refractivity contribution in [2.75, 3.05) is 33.4 Å². The molecule has 3 aromatic rings. The summed E-state index contributed by atoms with van der Waals surface area (Å²) in [5.41, 5.74) is 4.98. The molecular weight excluding hydrogens is 588 g/mol. The van der Waals surface area contributed by atoms with Crippen molar-refractivity contribution in [3.63, 3.8) is 0 Å². The zero-order valence-corrected chi connectivity index (χ0v) is 27.4.